The fourth-order valence-electron chi connectivity index (χ4n) is 3.00. The first-order chi connectivity index (χ1) is 13.2. The summed E-state index contributed by atoms with van der Waals surface area (Å²) in [6.07, 6.45) is 0.890. The predicted molar refractivity (Wildman–Crippen MR) is 102 cm³/mol. The van der Waals surface area contributed by atoms with Gasteiger partial charge in [-0.05, 0) is 19.1 Å². The van der Waals surface area contributed by atoms with Gasteiger partial charge in [0.2, 0.25) is 0 Å². The van der Waals surface area contributed by atoms with E-state index in [9.17, 15) is 9.50 Å². The van der Waals surface area contributed by atoms with Crippen molar-refractivity contribution < 1.29 is 19.0 Å². The molecule has 0 saturated heterocycles. The lowest BCUT2D eigenvalue weighted by Gasteiger charge is -2.16. The van der Waals surface area contributed by atoms with E-state index >= 15 is 0 Å². The Labute approximate surface area is 158 Å². The second kappa shape index (κ2) is 8.79. The fourth-order valence-corrected chi connectivity index (χ4v) is 3.00. The highest BCUT2D eigenvalue weighted by atomic mass is 19.1. The van der Waals surface area contributed by atoms with Crippen LogP contribution in [0.1, 0.15) is 6.92 Å². The molecular weight excluding hydrogens is 347 g/mol. The smallest absolute Gasteiger partial charge is 0.174 e. The number of halogens is 1. The van der Waals surface area contributed by atoms with Gasteiger partial charge in [-0.25, -0.2) is 9.37 Å². The molecule has 0 fully saturated rings. The average molecular weight is 370 g/mol. The average Bonchev–Trinajstić information content (AvgIpc) is 3.10. The molecule has 1 atom stereocenters. The van der Waals surface area contributed by atoms with Crippen molar-refractivity contribution in [2.75, 3.05) is 20.3 Å². The molecule has 142 valence electrons. The SMILES string of the molecule is CCOC[C@@H](O)Cn1cnc(-c2ccccc2)c1-c1cccc(OC)c1F. The van der Waals surface area contributed by atoms with E-state index in [4.69, 9.17) is 9.47 Å². The number of hydrogen-bond acceptors (Lipinski definition) is 4. The number of hydrogen-bond donors (Lipinski definition) is 1. The van der Waals surface area contributed by atoms with Gasteiger partial charge in [0.15, 0.2) is 11.6 Å². The summed E-state index contributed by atoms with van der Waals surface area (Å²) < 4.78 is 27.2. The van der Waals surface area contributed by atoms with Gasteiger partial charge < -0.3 is 19.1 Å². The highest BCUT2D eigenvalue weighted by molar-refractivity contribution is 5.79. The molecule has 3 aromatic rings. The summed E-state index contributed by atoms with van der Waals surface area (Å²) in [5.74, 6) is -0.299. The van der Waals surface area contributed by atoms with E-state index in [0.717, 1.165) is 5.56 Å². The minimum Gasteiger partial charge on any atom is -0.494 e. The van der Waals surface area contributed by atoms with Crippen LogP contribution in [0.3, 0.4) is 0 Å². The van der Waals surface area contributed by atoms with Gasteiger partial charge in [-0.2, -0.15) is 0 Å². The quantitative estimate of drug-likeness (QED) is 0.656. The van der Waals surface area contributed by atoms with E-state index in [2.05, 4.69) is 4.98 Å². The molecule has 5 nitrogen and oxygen atoms in total. The number of aliphatic hydroxyl groups is 1. The molecule has 0 aliphatic heterocycles. The maximum Gasteiger partial charge on any atom is 0.174 e. The minimum absolute atomic E-state index is 0.161. The fraction of sp³-hybridized carbons (Fsp3) is 0.286. The van der Waals surface area contributed by atoms with Crippen LogP contribution in [0.25, 0.3) is 22.5 Å². The topological polar surface area (TPSA) is 56.5 Å². The van der Waals surface area contributed by atoms with Crippen LogP contribution in [0.2, 0.25) is 0 Å². The standard InChI is InChI=1S/C21H23FN2O3/c1-3-27-13-16(25)12-24-14-23-20(15-8-5-4-6-9-15)21(24)17-10-7-11-18(26-2)19(17)22/h4-11,14,16,25H,3,12-13H2,1-2H3/t16-/m0/s1. The molecule has 0 aliphatic carbocycles. The van der Waals surface area contributed by atoms with Crippen LogP contribution in [0.4, 0.5) is 4.39 Å². The summed E-state index contributed by atoms with van der Waals surface area (Å²) in [5, 5.41) is 10.3. The normalized spacial score (nSPS) is 12.1. The summed E-state index contributed by atoms with van der Waals surface area (Å²) in [7, 11) is 1.43. The van der Waals surface area contributed by atoms with Gasteiger partial charge in [0.1, 0.15) is 0 Å². The van der Waals surface area contributed by atoms with E-state index in [0.29, 0.717) is 23.6 Å². The number of rotatable bonds is 8. The molecule has 3 rings (SSSR count). The number of benzene rings is 2. The summed E-state index contributed by atoms with van der Waals surface area (Å²) in [4.78, 5) is 4.50. The number of methoxy groups -OCH3 is 1. The van der Waals surface area contributed by atoms with Gasteiger partial charge >= 0.3 is 0 Å². The third kappa shape index (κ3) is 4.18. The molecule has 0 unspecified atom stereocenters. The van der Waals surface area contributed by atoms with E-state index < -0.39 is 11.9 Å². The number of imidazole rings is 1. The second-order valence-corrected chi connectivity index (χ2v) is 6.10. The first-order valence-corrected chi connectivity index (χ1v) is 8.85. The molecule has 0 bridgehead atoms. The summed E-state index contributed by atoms with van der Waals surface area (Å²) >= 11 is 0. The van der Waals surface area contributed by atoms with Crippen molar-refractivity contribution in [2.24, 2.45) is 0 Å². The van der Waals surface area contributed by atoms with Crippen LogP contribution in [0, 0.1) is 5.82 Å². The molecule has 1 N–H and O–H groups in total. The van der Waals surface area contributed by atoms with Crippen molar-refractivity contribution in [2.45, 2.75) is 19.6 Å². The third-order valence-corrected chi connectivity index (χ3v) is 4.25. The van der Waals surface area contributed by atoms with Crippen LogP contribution in [-0.2, 0) is 11.3 Å². The Hall–Kier alpha value is -2.70. The molecule has 1 heterocycles. The molecule has 0 aliphatic rings. The summed E-state index contributed by atoms with van der Waals surface area (Å²) in [6, 6.07) is 14.6. The Morgan fingerprint density at radius 1 is 1.15 bits per heavy atom. The third-order valence-electron chi connectivity index (χ3n) is 4.25. The largest absolute Gasteiger partial charge is 0.494 e. The molecule has 2 aromatic carbocycles. The Bertz CT molecular complexity index is 880. The lowest BCUT2D eigenvalue weighted by atomic mass is 10.0. The van der Waals surface area contributed by atoms with Crippen LogP contribution < -0.4 is 4.74 Å². The first kappa shape index (κ1) is 19.1. The zero-order chi connectivity index (χ0) is 19.2. The van der Waals surface area contributed by atoms with Gasteiger partial charge in [-0.15, -0.1) is 0 Å². The van der Waals surface area contributed by atoms with E-state index in [1.165, 1.54) is 7.11 Å². The van der Waals surface area contributed by atoms with E-state index in [-0.39, 0.29) is 18.9 Å². The Balaban J connectivity index is 2.10. The minimum atomic E-state index is -0.727. The summed E-state index contributed by atoms with van der Waals surface area (Å²) in [5.41, 5.74) is 2.47. The van der Waals surface area contributed by atoms with Crippen LogP contribution in [-0.4, -0.2) is 41.1 Å². The lowest BCUT2D eigenvalue weighted by Crippen LogP contribution is -2.22. The highest BCUT2D eigenvalue weighted by Crippen LogP contribution is 2.35. The van der Waals surface area contributed by atoms with Gasteiger partial charge in [0.05, 0.1) is 44.1 Å². The maximum atomic E-state index is 15.0. The van der Waals surface area contributed by atoms with Crippen LogP contribution >= 0.6 is 0 Å². The molecule has 6 heteroatoms. The van der Waals surface area contributed by atoms with Crippen LogP contribution in [0.5, 0.6) is 5.75 Å². The van der Waals surface area contributed by atoms with Gasteiger partial charge in [0, 0.05) is 17.7 Å². The van der Waals surface area contributed by atoms with Gasteiger partial charge in [0.25, 0.3) is 0 Å². The zero-order valence-electron chi connectivity index (χ0n) is 15.4. The van der Waals surface area contributed by atoms with Crippen molar-refractivity contribution >= 4 is 0 Å². The molecule has 0 radical (unpaired) electrons. The monoisotopic (exact) mass is 370 g/mol. The Morgan fingerprint density at radius 3 is 2.63 bits per heavy atom. The van der Waals surface area contributed by atoms with Crippen molar-refractivity contribution in [3.05, 3.63) is 60.7 Å². The number of aromatic nitrogens is 2. The first-order valence-electron chi connectivity index (χ1n) is 8.85. The van der Waals surface area contributed by atoms with Crippen molar-refractivity contribution in [3.8, 4) is 28.3 Å². The molecule has 0 amide bonds. The van der Waals surface area contributed by atoms with Crippen molar-refractivity contribution in [1.29, 1.82) is 0 Å². The number of nitrogens with zero attached hydrogens (tertiary/aromatic N) is 2. The number of aliphatic hydroxyl groups excluding tert-OH is 1. The molecule has 0 saturated carbocycles. The van der Waals surface area contributed by atoms with Crippen LogP contribution in [0.15, 0.2) is 54.9 Å². The van der Waals surface area contributed by atoms with Gasteiger partial charge in [-0.1, -0.05) is 36.4 Å². The molecular formula is C21H23FN2O3. The lowest BCUT2D eigenvalue weighted by molar-refractivity contribution is 0.0337. The van der Waals surface area contributed by atoms with E-state index in [1.54, 1.807) is 29.1 Å². The Kier molecular flexibility index (Phi) is 6.21. The molecule has 27 heavy (non-hydrogen) atoms. The summed E-state index contributed by atoms with van der Waals surface area (Å²) in [6.45, 7) is 2.84. The van der Waals surface area contributed by atoms with Gasteiger partial charge in [-0.3, -0.25) is 0 Å². The van der Waals surface area contributed by atoms with Crippen molar-refractivity contribution in [3.63, 3.8) is 0 Å². The van der Waals surface area contributed by atoms with Crippen molar-refractivity contribution in [1.82, 2.24) is 9.55 Å². The predicted octanol–water partition coefficient (Wildman–Crippen LogP) is 3.76. The number of ether oxygens (including phenoxy) is 2. The Morgan fingerprint density at radius 2 is 1.93 bits per heavy atom. The zero-order valence-corrected chi connectivity index (χ0v) is 15.4. The molecule has 1 aromatic heterocycles. The molecule has 0 spiro atoms. The van der Waals surface area contributed by atoms with E-state index in [1.807, 2.05) is 37.3 Å². The second-order valence-electron chi connectivity index (χ2n) is 6.10. The maximum absolute atomic E-state index is 15.0. The highest BCUT2D eigenvalue weighted by Gasteiger charge is 2.21.